The van der Waals surface area contributed by atoms with Gasteiger partial charge in [0.2, 0.25) is 0 Å². The molecule has 4 saturated carbocycles. The van der Waals surface area contributed by atoms with Crippen LogP contribution in [-0.2, 0) is 9.59 Å². The molecular weight excluding hydrogens is 440 g/mol. The third-order valence-electron chi connectivity index (χ3n) is 12.8. The molecule has 5 aliphatic carbocycles. The average molecular weight is 487 g/mol. The molecule has 5 heteroatoms. The quantitative estimate of drug-likeness (QED) is 0.398. The molecule has 0 bridgehead atoms. The topological polar surface area (TPSA) is 94.8 Å². The number of aliphatic hydroxyl groups is 1. The van der Waals surface area contributed by atoms with Gasteiger partial charge < -0.3 is 15.3 Å². The highest BCUT2D eigenvalue weighted by atomic mass is 16.4. The second kappa shape index (κ2) is 7.36. The van der Waals surface area contributed by atoms with Crippen molar-refractivity contribution in [3.8, 4) is 0 Å². The van der Waals surface area contributed by atoms with Crippen LogP contribution in [-0.4, -0.2) is 33.4 Å². The summed E-state index contributed by atoms with van der Waals surface area (Å²) in [4.78, 5) is 26.3. The van der Waals surface area contributed by atoms with Gasteiger partial charge in [-0.15, -0.1) is 0 Å². The highest BCUT2D eigenvalue weighted by Gasteiger charge is 2.73. The molecule has 0 aliphatic heterocycles. The van der Waals surface area contributed by atoms with Crippen LogP contribution in [0.15, 0.2) is 11.6 Å². The summed E-state index contributed by atoms with van der Waals surface area (Å²) < 4.78 is 0. The minimum Gasteiger partial charge on any atom is -0.481 e. The zero-order valence-electron chi connectivity index (χ0n) is 22.6. The molecule has 0 unspecified atom stereocenters. The second-order valence-electron chi connectivity index (χ2n) is 14.8. The number of hydrogen-bond acceptors (Lipinski definition) is 3. The smallest absolute Gasteiger partial charge is 0.313 e. The molecule has 35 heavy (non-hydrogen) atoms. The van der Waals surface area contributed by atoms with Gasteiger partial charge in [0.15, 0.2) is 0 Å². The van der Waals surface area contributed by atoms with Crippen LogP contribution >= 0.6 is 0 Å². The summed E-state index contributed by atoms with van der Waals surface area (Å²) >= 11 is 0. The Hall–Kier alpha value is -1.36. The van der Waals surface area contributed by atoms with Crippen LogP contribution in [0.3, 0.4) is 0 Å². The zero-order valence-corrected chi connectivity index (χ0v) is 22.6. The zero-order chi connectivity index (χ0) is 25.8. The van der Waals surface area contributed by atoms with Crippen molar-refractivity contribution in [2.45, 2.75) is 112 Å². The van der Waals surface area contributed by atoms with E-state index in [4.69, 9.17) is 0 Å². The molecule has 0 aromatic rings. The van der Waals surface area contributed by atoms with Gasteiger partial charge in [0.1, 0.15) is 0 Å². The Morgan fingerprint density at radius 1 is 0.771 bits per heavy atom. The van der Waals surface area contributed by atoms with Gasteiger partial charge in [-0.1, -0.05) is 53.2 Å². The van der Waals surface area contributed by atoms with Gasteiger partial charge in [-0.3, -0.25) is 9.59 Å². The molecule has 5 aliphatic rings. The van der Waals surface area contributed by atoms with E-state index >= 15 is 0 Å². The minimum atomic E-state index is -0.928. The molecular formula is C30H46O5. The molecule has 3 N–H and O–H groups in total. The predicted molar refractivity (Wildman–Crippen MR) is 135 cm³/mol. The number of carboxylic acid groups (broad SMARTS) is 2. The van der Waals surface area contributed by atoms with Gasteiger partial charge >= 0.3 is 11.9 Å². The van der Waals surface area contributed by atoms with Gasteiger partial charge in [-0.05, 0) is 104 Å². The number of aliphatic carboxylic acids is 2. The summed E-state index contributed by atoms with van der Waals surface area (Å²) in [5, 5.41) is 32.4. The lowest BCUT2D eigenvalue weighted by atomic mass is 9.32. The third kappa shape index (κ3) is 2.97. The van der Waals surface area contributed by atoms with E-state index in [1.54, 1.807) is 0 Å². The molecule has 8 atom stereocenters. The first-order valence-electron chi connectivity index (χ1n) is 14.0. The average Bonchev–Trinajstić information content (AvgIpc) is 2.75. The predicted octanol–water partition coefficient (Wildman–Crippen LogP) is 6.30. The van der Waals surface area contributed by atoms with Crippen molar-refractivity contribution in [2.24, 2.45) is 50.2 Å². The maximum Gasteiger partial charge on any atom is 0.313 e. The summed E-state index contributed by atoms with van der Waals surface area (Å²) in [5.74, 6) is -1.05. The summed E-state index contributed by atoms with van der Waals surface area (Å²) in [6.45, 7) is 13.4. The number of carbonyl (C=O) groups is 2. The Morgan fingerprint density at radius 2 is 1.43 bits per heavy atom. The Labute approximate surface area is 210 Å². The van der Waals surface area contributed by atoms with Crippen LogP contribution in [0.5, 0.6) is 0 Å². The largest absolute Gasteiger partial charge is 0.481 e. The van der Waals surface area contributed by atoms with E-state index in [1.807, 2.05) is 0 Å². The lowest BCUT2D eigenvalue weighted by Gasteiger charge is -2.71. The van der Waals surface area contributed by atoms with Crippen molar-refractivity contribution in [3.63, 3.8) is 0 Å². The number of rotatable bonds is 2. The van der Waals surface area contributed by atoms with E-state index in [0.717, 1.165) is 50.5 Å². The van der Waals surface area contributed by atoms with Gasteiger partial charge in [0, 0.05) is 0 Å². The highest BCUT2D eigenvalue weighted by molar-refractivity contribution is 5.83. The normalized spacial score (nSPS) is 50.0. The number of hydrogen-bond donors (Lipinski definition) is 3. The summed E-state index contributed by atoms with van der Waals surface area (Å²) in [5.41, 5.74) is -1.59. The lowest BCUT2D eigenvalue weighted by Crippen LogP contribution is -2.68. The van der Waals surface area contributed by atoms with Crippen LogP contribution in [0.1, 0.15) is 106 Å². The minimum absolute atomic E-state index is 0.00923. The van der Waals surface area contributed by atoms with Crippen molar-refractivity contribution in [1.29, 1.82) is 0 Å². The third-order valence-corrected chi connectivity index (χ3v) is 12.8. The van der Waals surface area contributed by atoms with Crippen molar-refractivity contribution >= 4 is 11.9 Å². The molecule has 0 aromatic carbocycles. The highest BCUT2D eigenvalue weighted by Crippen LogP contribution is 2.76. The van der Waals surface area contributed by atoms with E-state index < -0.39 is 28.2 Å². The first-order valence-corrected chi connectivity index (χ1v) is 14.0. The molecule has 0 spiro atoms. The fraction of sp³-hybridized carbons (Fsp3) is 0.867. The molecule has 4 fully saturated rings. The summed E-state index contributed by atoms with van der Waals surface area (Å²) in [6, 6.07) is 0. The molecule has 5 nitrogen and oxygen atoms in total. The molecule has 5 rings (SSSR count). The Morgan fingerprint density at radius 3 is 2.06 bits per heavy atom. The van der Waals surface area contributed by atoms with Gasteiger partial charge in [-0.25, -0.2) is 0 Å². The second-order valence-corrected chi connectivity index (χ2v) is 14.8. The SMILES string of the molecule is CC1(C)C=C2[C@H]3CC[C@@H]4[C@@]5(C)CC[C@H](O)C(C)(C)[C@@H]5CC[C@@]4(C)[C@]3(C(=O)O)CC[C@@]2(C(=O)O)CC1. The van der Waals surface area contributed by atoms with Crippen molar-refractivity contribution in [3.05, 3.63) is 11.6 Å². The van der Waals surface area contributed by atoms with E-state index in [1.165, 1.54) is 0 Å². The first kappa shape index (κ1) is 25.3. The lowest BCUT2D eigenvalue weighted by molar-refractivity contribution is -0.238. The van der Waals surface area contributed by atoms with Crippen LogP contribution in [0.25, 0.3) is 0 Å². The molecule has 0 amide bonds. The Balaban J connectivity index is 1.65. The maximum absolute atomic E-state index is 13.5. The van der Waals surface area contributed by atoms with Crippen LogP contribution in [0, 0.1) is 50.2 Å². The standard InChI is InChI=1S/C30H46O5/c1-25(2)13-14-29(23(32)33)15-16-30(24(34)35)18(19(29)17-25)7-8-21-27(5)11-10-22(31)26(3,4)20(27)9-12-28(21,30)6/h17-18,20-22,31H,7-16H2,1-6H3,(H,32,33)(H,34,35)/t18-,20+,21-,22+,27+,28-,29+,30-/m1/s1. The van der Waals surface area contributed by atoms with E-state index in [-0.39, 0.29) is 34.2 Å². The van der Waals surface area contributed by atoms with E-state index in [0.29, 0.717) is 25.2 Å². The molecule has 196 valence electrons. The van der Waals surface area contributed by atoms with Crippen molar-refractivity contribution < 1.29 is 24.9 Å². The molecule has 0 saturated heterocycles. The first-order chi connectivity index (χ1) is 16.1. The number of aliphatic hydroxyl groups excluding tert-OH is 1. The Bertz CT molecular complexity index is 979. The number of allylic oxidation sites excluding steroid dienone is 1. The van der Waals surface area contributed by atoms with Crippen molar-refractivity contribution in [2.75, 3.05) is 0 Å². The van der Waals surface area contributed by atoms with Crippen LogP contribution < -0.4 is 0 Å². The van der Waals surface area contributed by atoms with Gasteiger partial charge in [0.25, 0.3) is 0 Å². The molecule has 0 radical (unpaired) electrons. The van der Waals surface area contributed by atoms with Crippen molar-refractivity contribution in [1.82, 2.24) is 0 Å². The molecule has 0 heterocycles. The van der Waals surface area contributed by atoms with E-state index in [2.05, 4.69) is 47.6 Å². The van der Waals surface area contributed by atoms with Crippen LogP contribution in [0.2, 0.25) is 0 Å². The monoisotopic (exact) mass is 486 g/mol. The fourth-order valence-corrected chi connectivity index (χ4v) is 10.8. The Kier molecular flexibility index (Phi) is 5.32. The molecule has 0 aromatic heterocycles. The summed E-state index contributed by atoms with van der Waals surface area (Å²) in [6.07, 6.45) is 9.39. The van der Waals surface area contributed by atoms with Gasteiger partial charge in [0.05, 0.1) is 16.9 Å². The maximum atomic E-state index is 13.5. The number of fused-ring (bicyclic) bond motifs is 7. The van der Waals surface area contributed by atoms with Crippen LogP contribution in [0.4, 0.5) is 0 Å². The number of carboxylic acids is 2. The summed E-state index contributed by atoms with van der Waals surface area (Å²) in [7, 11) is 0. The fourth-order valence-electron chi connectivity index (χ4n) is 10.8. The van der Waals surface area contributed by atoms with E-state index in [9.17, 15) is 24.9 Å². The van der Waals surface area contributed by atoms with Gasteiger partial charge in [-0.2, -0.15) is 0 Å².